The highest BCUT2D eigenvalue weighted by Crippen LogP contribution is 1.83. The van der Waals surface area contributed by atoms with Crippen LogP contribution in [0.15, 0.2) is 0 Å². The Balaban J connectivity index is 0. The Morgan fingerprint density at radius 1 is 0.591 bits per heavy atom. The number of ether oxygens (including phenoxy) is 5. The summed E-state index contributed by atoms with van der Waals surface area (Å²) in [6.45, 7) is 11.4. The maximum Gasteiger partial charge on any atom is 0.0701 e. The van der Waals surface area contributed by atoms with Crippen molar-refractivity contribution in [1.29, 1.82) is 0 Å². The molecule has 0 saturated carbocycles. The number of likely N-dealkylation sites (N-methyl/N-ethyl adjacent to an activating group) is 1. The molecule has 0 radical (unpaired) electrons. The van der Waals surface area contributed by atoms with E-state index in [1.807, 2.05) is 20.9 Å². The molecule has 0 atom stereocenters. The van der Waals surface area contributed by atoms with Crippen molar-refractivity contribution in [2.24, 2.45) is 5.73 Å². The van der Waals surface area contributed by atoms with E-state index in [4.69, 9.17) is 29.4 Å². The SMILES string of the molecule is CC.CNCCOCCOCCOCCOCCOCCN. The van der Waals surface area contributed by atoms with Gasteiger partial charge in [0.1, 0.15) is 0 Å². The van der Waals surface area contributed by atoms with Crippen LogP contribution in [-0.2, 0) is 23.7 Å². The summed E-state index contributed by atoms with van der Waals surface area (Å²) in [7, 11) is 1.90. The van der Waals surface area contributed by atoms with Gasteiger partial charge in [-0.15, -0.1) is 0 Å². The topological polar surface area (TPSA) is 84.2 Å². The van der Waals surface area contributed by atoms with Gasteiger partial charge in [0.05, 0.1) is 66.1 Å². The minimum atomic E-state index is 0.545. The van der Waals surface area contributed by atoms with Gasteiger partial charge < -0.3 is 34.7 Å². The first-order valence-corrected chi connectivity index (χ1v) is 8.15. The lowest BCUT2D eigenvalue weighted by Gasteiger charge is -2.07. The molecule has 0 aliphatic rings. The van der Waals surface area contributed by atoms with Crippen molar-refractivity contribution in [2.45, 2.75) is 13.8 Å². The van der Waals surface area contributed by atoms with Gasteiger partial charge in [-0.3, -0.25) is 0 Å². The smallest absolute Gasteiger partial charge is 0.0701 e. The number of nitrogens with two attached hydrogens (primary N) is 1. The molecule has 0 aliphatic heterocycles. The lowest BCUT2D eigenvalue weighted by Crippen LogP contribution is -2.17. The fourth-order valence-corrected chi connectivity index (χ4v) is 1.24. The van der Waals surface area contributed by atoms with Crippen LogP contribution < -0.4 is 11.1 Å². The second-order valence-corrected chi connectivity index (χ2v) is 3.95. The van der Waals surface area contributed by atoms with Crippen LogP contribution in [0.4, 0.5) is 0 Å². The summed E-state index contributed by atoms with van der Waals surface area (Å²) >= 11 is 0. The van der Waals surface area contributed by atoms with Crippen LogP contribution in [-0.4, -0.2) is 86.2 Å². The molecular weight excluding hydrogens is 288 g/mol. The number of hydrogen-bond acceptors (Lipinski definition) is 7. The molecule has 7 heteroatoms. The summed E-state index contributed by atoms with van der Waals surface area (Å²) in [6, 6.07) is 0. The van der Waals surface area contributed by atoms with Crippen LogP contribution >= 0.6 is 0 Å². The Morgan fingerprint density at radius 2 is 0.909 bits per heavy atom. The Kier molecular flexibility index (Phi) is 28.0. The van der Waals surface area contributed by atoms with E-state index in [2.05, 4.69) is 5.32 Å². The van der Waals surface area contributed by atoms with Crippen LogP contribution in [0.2, 0.25) is 0 Å². The van der Waals surface area contributed by atoms with E-state index < -0.39 is 0 Å². The molecule has 0 aliphatic carbocycles. The largest absolute Gasteiger partial charge is 0.378 e. The number of hydrogen-bond donors (Lipinski definition) is 2. The van der Waals surface area contributed by atoms with E-state index in [9.17, 15) is 0 Å². The van der Waals surface area contributed by atoms with Gasteiger partial charge in [0, 0.05) is 13.1 Å². The predicted molar refractivity (Wildman–Crippen MR) is 88.4 cm³/mol. The second kappa shape index (κ2) is 25.7. The first-order chi connectivity index (χ1) is 10.9. The zero-order valence-corrected chi connectivity index (χ0v) is 14.6. The molecule has 0 aromatic carbocycles. The molecule has 22 heavy (non-hydrogen) atoms. The maximum atomic E-state index is 5.34. The molecule has 7 nitrogen and oxygen atoms in total. The van der Waals surface area contributed by atoms with Gasteiger partial charge in [-0.05, 0) is 7.05 Å². The molecule has 0 bridgehead atoms. The molecule has 3 N–H and O–H groups in total. The Morgan fingerprint density at radius 3 is 1.23 bits per heavy atom. The van der Waals surface area contributed by atoms with Crippen LogP contribution in [0, 0.1) is 0 Å². The van der Waals surface area contributed by atoms with E-state index in [0.717, 1.165) is 6.54 Å². The molecule has 0 unspecified atom stereocenters. The van der Waals surface area contributed by atoms with Crippen molar-refractivity contribution in [3.05, 3.63) is 0 Å². The van der Waals surface area contributed by atoms with Crippen molar-refractivity contribution in [1.82, 2.24) is 5.32 Å². The zero-order valence-electron chi connectivity index (χ0n) is 14.6. The highest BCUT2D eigenvalue weighted by Gasteiger charge is 1.93. The molecule has 0 amide bonds. The van der Waals surface area contributed by atoms with E-state index in [-0.39, 0.29) is 0 Å². The standard InChI is InChI=1S/C13H30N2O5.C2H6/c1-15-3-5-17-7-9-19-11-13-20-12-10-18-8-6-16-4-2-14;1-2/h15H,2-14H2,1H3;1-2H3. The van der Waals surface area contributed by atoms with Gasteiger partial charge >= 0.3 is 0 Å². The molecule has 0 fully saturated rings. The van der Waals surface area contributed by atoms with Gasteiger partial charge in [0.2, 0.25) is 0 Å². The molecule has 0 aromatic rings. The molecule has 0 spiro atoms. The normalized spacial score (nSPS) is 10.4. The summed E-state index contributed by atoms with van der Waals surface area (Å²) < 4.78 is 26.5. The first kappa shape index (κ1) is 24.0. The predicted octanol–water partition coefficient (Wildman–Crippen LogP) is 0.274. The average molecular weight is 324 g/mol. The monoisotopic (exact) mass is 324 g/mol. The van der Waals surface area contributed by atoms with Gasteiger partial charge in [-0.2, -0.15) is 0 Å². The van der Waals surface area contributed by atoms with Crippen molar-refractivity contribution >= 4 is 0 Å². The molecular formula is C15H36N2O5. The molecule has 0 aromatic heterocycles. The van der Waals surface area contributed by atoms with Crippen molar-refractivity contribution in [3.63, 3.8) is 0 Å². The van der Waals surface area contributed by atoms with Gasteiger partial charge in [-0.25, -0.2) is 0 Å². The van der Waals surface area contributed by atoms with Crippen LogP contribution in [0.25, 0.3) is 0 Å². The average Bonchev–Trinajstić information content (AvgIpc) is 2.56. The van der Waals surface area contributed by atoms with E-state index in [1.165, 1.54) is 0 Å². The lowest BCUT2D eigenvalue weighted by molar-refractivity contribution is -0.0102. The summed E-state index contributed by atoms with van der Waals surface area (Å²) in [4.78, 5) is 0. The van der Waals surface area contributed by atoms with Crippen molar-refractivity contribution < 1.29 is 23.7 Å². The zero-order chi connectivity index (χ0) is 16.7. The van der Waals surface area contributed by atoms with E-state index in [1.54, 1.807) is 0 Å². The summed E-state index contributed by atoms with van der Waals surface area (Å²) in [5.74, 6) is 0. The molecule has 0 rings (SSSR count). The number of rotatable bonds is 17. The third-order valence-electron chi connectivity index (χ3n) is 2.25. The maximum absolute atomic E-state index is 5.34. The Hall–Kier alpha value is -0.280. The van der Waals surface area contributed by atoms with Crippen LogP contribution in [0.3, 0.4) is 0 Å². The van der Waals surface area contributed by atoms with Crippen molar-refractivity contribution in [2.75, 3.05) is 86.2 Å². The fourth-order valence-electron chi connectivity index (χ4n) is 1.24. The summed E-state index contributed by atoms with van der Waals surface area (Å²) in [5.41, 5.74) is 5.28. The highest BCUT2D eigenvalue weighted by molar-refractivity contribution is 4.38. The third kappa shape index (κ3) is 24.7. The molecule has 0 saturated heterocycles. The quantitative estimate of drug-likeness (QED) is 0.372. The minimum Gasteiger partial charge on any atom is -0.378 e. The van der Waals surface area contributed by atoms with Crippen LogP contribution in [0.5, 0.6) is 0 Å². The van der Waals surface area contributed by atoms with Crippen molar-refractivity contribution in [3.8, 4) is 0 Å². The number of nitrogens with one attached hydrogen (secondary N) is 1. The second-order valence-electron chi connectivity index (χ2n) is 3.95. The van der Waals surface area contributed by atoms with Crippen LogP contribution in [0.1, 0.15) is 13.8 Å². The lowest BCUT2D eigenvalue weighted by atomic mass is 10.6. The molecule has 0 heterocycles. The van der Waals surface area contributed by atoms with Gasteiger partial charge in [-0.1, -0.05) is 13.8 Å². The summed E-state index contributed by atoms with van der Waals surface area (Å²) in [5, 5.41) is 3.01. The first-order valence-electron chi connectivity index (χ1n) is 8.15. The Bertz CT molecular complexity index is 158. The minimum absolute atomic E-state index is 0.545. The van der Waals surface area contributed by atoms with E-state index >= 15 is 0 Å². The fraction of sp³-hybridized carbons (Fsp3) is 1.00. The van der Waals surface area contributed by atoms with Gasteiger partial charge in [0.15, 0.2) is 0 Å². The summed E-state index contributed by atoms with van der Waals surface area (Å²) in [6.07, 6.45) is 0. The van der Waals surface area contributed by atoms with Gasteiger partial charge in [0.25, 0.3) is 0 Å². The Labute approximate surface area is 135 Å². The van der Waals surface area contributed by atoms with E-state index in [0.29, 0.717) is 72.6 Å². The molecule has 136 valence electrons. The highest BCUT2D eigenvalue weighted by atomic mass is 16.6. The third-order valence-corrected chi connectivity index (χ3v) is 2.25.